The lowest BCUT2D eigenvalue weighted by Crippen LogP contribution is -2.20. The number of aromatic amines is 1. The van der Waals surface area contributed by atoms with Crippen LogP contribution in [0.3, 0.4) is 0 Å². The predicted octanol–water partition coefficient (Wildman–Crippen LogP) is 1.13. The van der Waals surface area contributed by atoms with Gasteiger partial charge in [-0.1, -0.05) is 0 Å². The van der Waals surface area contributed by atoms with Crippen molar-refractivity contribution < 1.29 is 14.6 Å². The molecule has 1 aliphatic heterocycles. The van der Waals surface area contributed by atoms with Crippen LogP contribution in [-0.4, -0.2) is 27.7 Å². The summed E-state index contributed by atoms with van der Waals surface area (Å²) in [6, 6.07) is 0. The molecule has 5 heteroatoms. The number of carboxylic acid groups (broad SMARTS) is 1. The first-order valence-corrected chi connectivity index (χ1v) is 4.54. The molecule has 0 bridgehead atoms. The van der Waals surface area contributed by atoms with Gasteiger partial charge in [0.05, 0.1) is 11.9 Å². The Kier molecular flexibility index (Phi) is 2.03. The van der Waals surface area contributed by atoms with Crippen molar-refractivity contribution in [2.24, 2.45) is 0 Å². The van der Waals surface area contributed by atoms with Crippen LogP contribution in [0.15, 0.2) is 6.20 Å². The largest absolute Gasteiger partial charge is 0.475 e. The zero-order valence-electron chi connectivity index (χ0n) is 7.91. The van der Waals surface area contributed by atoms with E-state index in [1.807, 2.05) is 6.92 Å². The average molecular weight is 196 g/mol. The van der Waals surface area contributed by atoms with Gasteiger partial charge in [-0.2, -0.15) is 0 Å². The van der Waals surface area contributed by atoms with E-state index in [1.54, 1.807) is 0 Å². The summed E-state index contributed by atoms with van der Waals surface area (Å²) in [6.07, 6.45) is 3.43. The van der Waals surface area contributed by atoms with Crippen molar-refractivity contribution in [3.63, 3.8) is 0 Å². The fraction of sp³-hybridized carbons (Fsp3) is 0.556. The Labute approximate surface area is 81.1 Å². The van der Waals surface area contributed by atoms with Crippen molar-refractivity contribution >= 4 is 5.97 Å². The molecule has 1 saturated heterocycles. The number of rotatable bonds is 2. The summed E-state index contributed by atoms with van der Waals surface area (Å²) in [5.41, 5.74) is 0.355. The first-order valence-electron chi connectivity index (χ1n) is 4.54. The Balaban J connectivity index is 2.28. The molecular weight excluding hydrogens is 184 g/mol. The zero-order chi connectivity index (χ0) is 10.2. The third-order valence-corrected chi connectivity index (χ3v) is 2.57. The Bertz CT molecular complexity index is 353. The highest BCUT2D eigenvalue weighted by atomic mass is 16.5. The molecule has 0 saturated carbocycles. The first-order chi connectivity index (χ1) is 6.62. The molecule has 1 aliphatic rings. The number of hydrogen-bond donors (Lipinski definition) is 2. The monoisotopic (exact) mass is 196 g/mol. The Morgan fingerprint density at radius 2 is 2.57 bits per heavy atom. The molecule has 76 valence electrons. The first kappa shape index (κ1) is 9.21. The molecule has 1 atom stereocenters. The molecular formula is C9H12N2O3. The Morgan fingerprint density at radius 1 is 1.79 bits per heavy atom. The van der Waals surface area contributed by atoms with Gasteiger partial charge < -0.3 is 14.8 Å². The highest BCUT2D eigenvalue weighted by molar-refractivity contribution is 5.83. The van der Waals surface area contributed by atoms with Crippen molar-refractivity contribution in [3.8, 4) is 0 Å². The van der Waals surface area contributed by atoms with Crippen LogP contribution in [0.5, 0.6) is 0 Å². The molecule has 0 amide bonds. The van der Waals surface area contributed by atoms with Crippen LogP contribution < -0.4 is 0 Å². The van der Waals surface area contributed by atoms with E-state index in [-0.39, 0.29) is 11.4 Å². The number of nitrogens with zero attached hydrogens (tertiary/aromatic N) is 1. The number of nitrogens with one attached hydrogen (secondary N) is 1. The smallest absolute Gasteiger partial charge is 0.371 e. The number of imidazole rings is 1. The number of H-pyrrole nitrogens is 1. The molecule has 1 aromatic rings. The molecule has 0 radical (unpaired) electrons. The number of carbonyl (C=O) groups is 1. The summed E-state index contributed by atoms with van der Waals surface area (Å²) in [5.74, 6) is -1.07. The van der Waals surface area contributed by atoms with Crippen molar-refractivity contribution in [2.45, 2.75) is 25.4 Å². The maximum atomic E-state index is 10.6. The number of hydrogen-bond acceptors (Lipinski definition) is 3. The maximum absolute atomic E-state index is 10.6. The van der Waals surface area contributed by atoms with Crippen LogP contribution in [0.2, 0.25) is 0 Å². The average Bonchev–Trinajstić information content (AvgIpc) is 2.71. The minimum atomic E-state index is -1.04. The molecule has 1 aromatic heterocycles. The van der Waals surface area contributed by atoms with Gasteiger partial charge in [0.1, 0.15) is 5.60 Å². The van der Waals surface area contributed by atoms with Crippen LogP contribution in [0, 0.1) is 0 Å². The van der Waals surface area contributed by atoms with Gasteiger partial charge in [0.25, 0.3) is 0 Å². The summed E-state index contributed by atoms with van der Waals surface area (Å²) in [7, 11) is 0. The SMILES string of the molecule is CC1(c2cnc(C(=O)O)[nH]2)CCCO1. The third kappa shape index (κ3) is 1.39. The van der Waals surface area contributed by atoms with Gasteiger partial charge in [0.15, 0.2) is 0 Å². The second-order valence-electron chi connectivity index (χ2n) is 3.63. The summed E-state index contributed by atoms with van der Waals surface area (Å²) in [6.45, 7) is 2.66. The molecule has 2 rings (SSSR count). The molecule has 2 heterocycles. The standard InChI is InChI=1S/C9H12N2O3/c1-9(3-2-4-14-9)6-5-10-7(11-6)8(12)13/h5H,2-4H2,1H3,(H,10,11)(H,12,13). The van der Waals surface area contributed by atoms with Crippen LogP contribution in [-0.2, 0) is 10.3 Å². The van der Waals surface area contributed by atoms with Gasteiger partial charge in [-0.25, -0.2) is 9.78 Å². The fourth-order valence-electron chi connectivity index (χ4n) is 1.69. The van der Waals surface area contributed by atoms with Crippen molar-refractivity contribution in [3.05, 3.63) is 17.7 Å². The summed E-state index contributed by atoms with van der Waals surface area (Å²) in [4.78, 5) is 17.1. The van der Waals surface area contributed by atoms with E-state index >= 15 is 0 Å². The van der Waals surface area contributed by atoms with E-state index in [0.29, 0.717) is 0 Å². The minimum absolute atomic E-state index is 0.0308. The molecule has 0 spiro atoms. The van der Waals surface area contributed by atoms with Crippen molar-refractivity contribution in [1.82, 2.24) is 9.97 Å². The second kappa shape index (κ2) is 3.09. The molecule has 2 N–H and O–H groups in total. The second-order valence-corrected chi connectivity index (χ2v) is 3.63. The van der Waals surface area contributed by atoms with E-state index in [4.69, 9.17) is 9.84 Å². The molecule has 14 heavy (non-hydrogen) atoms. The van der Waals surface area contributed by atoms with E-state index in [9.17, 15) is 4.79 Å². The van der Waals surface area contributed by atoms with Gasteiger partial charge in [-0.3, -0.25) is 0 Å². The molecule has 0 aliphatic carbocycles. The van der Waals surface area contributed by atoms with Gasteiger partial charge in [0, 0.05) is 6.61 Å². The van der Waals surface area contributed by atoms with Crippen molar-refractivity contribution in [1.29, 1.82) is 0 Å². The lowest BCUT2D eigenvalue weighted by atomic mass is 10.00. The van der Waals surface area contributed by atoms with E-state index in [1.165, 1.54) is 6.20 Å². The maximum Gasteiger partial charge on any atom is 0.371 e. The minimum Gasteiger partial charge on any atom is -0.475 e. The third-order valence-electron chi connectivity index (χ3n) is 2.57. The molecule has 0 aromatic carbocycles. The number of aromatic carboxylic acids is 1. The van der Waals surface area contributed by atoms with E-state index in [2.05, 4.69) is 9.97 Å². The molecule has 1 fully saturated rings. The highest BCUT2D eigenvalue weighted by Gasteiger charge is 2.33. The normalized spacial score (nSPS) is 26.6. The summed E-state index contributed by atoms with van der Waals surface area (Å²) < 4.78 is 5.56. The van der Waals surface area contributed by atoms with Crippen LogP contribution in [0.25, 0.3) is 0 Å². The van der Waals surface area contributed by atoms with Gasteiger partial charge in [0.2, 0.25) is 5.82 Å². The van der Waals surface area contributed by atoms with Gasteiger partial charge >= 0.3 is 5.97 Å². The number of aromatic nitrogens is 2. The van der Waals surface area contributed by atoms with E-state index in [0.717, 1.165) is 25.1 Å². The molecule has 5 nitrogen and oxygen atoms in total. The number of ether oxygens (including phenoxy) is 1. The van der Waals surface area contributed by atoms with Gasteiger partial charge in [-0.05, 0) is 19.8 Å². The zero-order valence-corrected chi connectivity index (χ0v) is 7.91. The number of carboxylic acids is 1. The van der Waals surface area contributed by atoms with Crippen molar-refractivity contribution in [2.75, 3.05) is 6.61 Å². The van der Waals surface area contributed by atoms with Gasteiger partial charge in [-0.15, -0.1) is 0 Å². The lowest BCUT2D eigenvalue weighted by Gasteiger charge is -2.20. The Hall–Kier alpha value is -1.36. The predicted molar refractivity (Wildman–Crippen MR) is 48.1 cm³/mol. The van der Waals surface area contributed by atoms with Crippen LogP contribution >= 0.6 is 0 Å². The lowest BCUT2D eigenvalue weighted by molar-refractivity contribution is 0.0135. The summed E-state index contributed by atoms with van der Waals surface area (Å²) in [5, 5.41) is 8.69. The van der Waals surface area contributed by atoms with Crippen LogP contribution in [0.1, 0.15) is 36.1 Å². The summed E-state index contributed by atoms with van der Waals surface area (Å²) >= 11 is 0. The topological polar surface area (TPSA) is 75.2 Å². The Morgan fingerprint density at radius 3 is 3.07 bits per heavy atom. The van der Waals surface area contributed by atoms with E-state index < -0.39 is 5.97 Å². The molecule has 1 unspecified atom stereocenters. The fourth-order valence-corrected chi connectivity index (χ4v) is 1.69. The highest BCUT2D eigenvalue weighted by Crippen LogP contribution is 2.34. The van der Waals surface area contributed by atoms with Crippen LogP contribution in [0.4, 0.5) is 0 Å². The quantitative estimate of drug-likeness (QED) is 0.743.